The Morgan fingerprint density at radius 1 is 1.43 bits per heavy atom. The van der Waals surface area contributed by atoms with Gasteiger partial charge < -0.3 is 9.29 Å². The molecule has 5 nitrogen and oxygen atoms in total. The minimum atomic E-state index is -2.51. The second-order valence-electron chi connectivity index (χ2n) is 5.06. The lowest BCUT2D eigenvalue weighted by molar-refractivity contribution is -0.128. The van der Waals surface area contributed by atoms with Crippen LogP contribution in [0.15, 0.2) is 29.8 Å². The van der Waals surface area contributed by atoms with Gasteiger partial charge in [0.1, 0.15) is 0 Å². The van der Waals surface area contributed by atoms with Gasteiger partial charge >= 0.3 is 0 Å². The third kappa shape index (κ3) is 4.47. The van der Waals surface area contributed by atoms with Crippen molar-refractivity contribution in [2.75, 3.05) is 10.9 Å². The van der Waals surface area contributed by atoms with Crippen LogP contribution in [0.3, 0.4) is 0 Å². The van der Waals surface area contributed by atoms with Gasteiger partial charge in [-0.3, -0.25) is 13.3 Å². The van der Waals surface area contributed by atoms with E-state index < -0.39 is 11.3 Å². The molecule has 2 unspecified atom stereocenters. The molecule has 0 amide bonds. The van der Waals surface area contributed by atoms with E-state index in [0.29, 0.717) is 30.0 Å². The molecular weight excluding hydrogens is 361 g/mol. The first kappa shape index (κ1) is 18.3. The molecule has 0 aromatic heterocycles. The van der Waals surface area contributed by atoms with Crippen LogP contribution in [0.25, 0.3) is 0 Å². The second-order valence-corrected chi connectivity index (χ2v) is 6.67. The first-order valence-corrected chi connectivity index (χ1v) is 8.91. The highest BCUT2D eigenvalue weighted by Crippen LogP contribution is 2.37. The number of carbonyl (C=O) groups excluding carboxylic acids is 1. The Kier molecular flexibility index (Phi) is 6.89. The number of nitrogens with zero attached hydrogens (tertiary/aromatic N) is 1. The average molecular weight is 377 g/mol. The maximum atomic E-state index is 11.8. The van der Waals surface area contributed by atoms with E-state index in [1.54, 1.807) is 18.2 Å². The van der Waals surface area contributed by atoms with Gasteiger partial charge in [-0.05, 0) is 37.0 Å². The zero-order chi connectivity index (χ0) is 16.8. The molecule has 0 saturated heterocycles. The number of benzene rings is 1. The smallest absolute Gasteiger partial charge is 0.293 e. The summed E-state index contributed by atoms with van der Waals surface area (Å²) in [6.07, 6.45) is 4.89. The third-order valence-electron chi connectivity index (χ3n) is 3.71. The Labute approximate surface area is 147 Å². The lowest BCUT2D eigenvalue weighted by Gasteiger charge is -2.38. The number of rotatable bonds is 7. The van der Waals surface area contributed by atoms with E-state index in [1.807, 2.05) is 6.08 Å². The van der Waals surface area contributed by atoms with Crippen molar-refractivity contribution in [2.24, 2.45) is 0 Å². The van der Waals surface area contributed by atoms with Gasteiger partial charge in [-0.2, -0.15) is 0 Å². The fourth-order valence-electron chi connectivity index (χ4n) is 2.70. The predicted octanol–water partition coefficient (Wildman–Crippen LogP) is 3.64. The Balaban J connectivity index is 2.33. The Bertz CT molecular complexity index is 623. The maximum absolute atomic E-state index is 11.8. The molecule has 2 atom stereocenters. The summed E-state index contributed by atoms with van der Waals surface area (Å²) < 4.78 is 29.7. The molecule has 8 heteroatoms. The zero-order valence-electron chi connectivity index (χ0n) is 12.2. The molecular formula is C15H16Cl2NO4S-. The monoisotopic (exact) mass is 376 g/mol. The van der Waals surface area contributed by atoms with Crippen molar-refractivity contribution in [3.63, 3.8) is 0 Å². The largest absolute Gasteiger partial charge is 0.755 e. The number of ether oxygens (including phenoxy) is 1. The molecule has 2 rings (SSSR count). The number of carbonyl (C=O) groups is 1. The van der Waals surface area contributed by atoms with E-state index in [0.717, 1.165) is 18.4 Å². The molecule has 0 aliphatic heterocycles. The van der Waals surface area contributed by atoms with Gasteiger partial charge in [0, 0.05) is 17.7 Å². The Morgan fingerprint density at radius 3 is 2.91 bits per heavy atom. The molecule has 1 aliphatic rings. The van der Waals surface area contributed by atoms with Crippen LogP contribution in [0.4, 0.5) is 5.69 Å². The van der Waals surface area contributed by atoms with Crippen molar-refractivity contribution in [1.82, 2.24) is 0 Å². The van der Waals surface area contributed by atoms with Crippen molar-refractivity contribution in [3.05, 3.63) is 39.9 Å². The Morgan fingerprint density at radius 2 is 2.22 bits per heavy atom. The number of hydrogen-bond acceptors (Lipinski definition) is 4. The normalized spacial score (nSPS) is 18.9. The van der Waals surface area contributed by atoms with Crippen LogP contribution in [0, 0.1) is 0 Å². The first-order valence-electron chi connectivity index (χ1n) is 7.13. The van der Waals surface area contributed by atoms with Crippen LogP contribution in [0.5, 0.6) is 0 Å². The summed E-state index contributed by atoms with van der Waals surface area (Å²) >= 11 is 9.69. The van der Waals surface area contributed by atoms with E-state index >= 15 is 0 Å². The summed E-state index contributed by atoms with van der Waals surface area (Å²) in [6, 6.07) is 4.53. The van der Waals surface area contributed by atoms with E-state index in [-0.39, 0.29) is 17.7 Å². The van der Waals surface area contributed by atoms with Crippen LogP contribution in [0.1, 0.15) is 25.7 Å². The van der Waals surface area contributed by atoms with Crippen molar-refractivity contribution < 1.29 is 18.3 Å². The lowest BCUT2D eigenvalue weighted by atomic mass is 9.92. The molecule has 0 heterocycles. The summed E-state index contributed by atoms with van der Waals surface area (Å²) in [4.78, 5) is 10.3. The highest BCUT2D eigenvalue weighted by molar-refractivity contribution is 7.80. The molecule has 0 radical (unpaired) electrons. The van der Waals surface area contributed by atoms with Gasteiger partial charge in [0.05, 0.1) is 28.4 Å². The van der Waals surface area contributed by atoms with Gasteiger partial charge in [-0.15, -0.1) is 0 Å². The molecule has 23 heavy (non-hydrogen) atoms. The van der Waals surface area contributed by atoms with Crippen LogP contribution < -0.4 is 4.31 Å². The minimum absolute atomic E-state index is 0.201. The van der Waals surface area contributed by atoms with Gasteiger partial charge in [0.2, 0.25) is 0 Å². The van der Waals surface area contributed by atoms with E-state index in [4.69, 9.17) is 27.9 Å². The number of anilines is 1. The summed E-state index contributed by atoms with van der Waals surface area (Å²) in [5.74, 6) is 0. The standard InChI is InChI=1S/C15H17Cl2NO4S/c16-12-5-3-7-14(15(12)17)18(23(20)21)13-6-2-1-4-11(13)8-9-22-10-19/h3-5,7,10,13H,1-2,6,8-9H2,(H,20,21)/p-1. The topological polar surface area (TPSA) is 69.7 Å². The summed E-state index contributed by atoms with van der Waals surface area (Å²) in [5, 5.41) is 0.498. The fourth-order valence-corrected chi connectivity index (χ4v) is 3.89. The molecule has 0 bridgehead atoms. The molecule has 126 valence electrons. The van der Waals surface area contributed by atoms with E-state index in [1.165, 1.54) is 4.31 Å². The van der Waals surface area contributed by atoms with E-state index in [2.05, 4.69) is 0 Å². The van der Waals surface area contributed by atoms with Gasteiger partial charge in [0.15, 0.2) is 0 Å². The molecule has 1 aliphatic carbocycles. The average Bonchev–Trinajstić information content (AvgIpc) is 2.53. The maximum Gasteiger partial charge on any atom is 0.293 e. The fraction of sp³-hybridized carbons (Fsp3) is 0.400. The zero-order valence-corrected chi connectivity index (χ0v) is 14.6. The molecule has 0 fully saturated rings. The minimum Gasteiger partial charge on any atom is -0.755 e. The quantitative estimate of drug-likeness (QED) is 0.315. The van der Waals surface area contributed by atoms with E-state index in [9.17, 15) is 13.6 Å². The Hall–Kier alpha value is -1.08. The molecule has 1 aromatic carbocycles. The lowest BCUT2D eigenvalue weighted by Crippen LogP contribution is -2.39. The molecule has 0 spiro atoms. The van der Waals surface area contributed by atoms with Crippen molar-refractivity contribution in [1.29, 1.82) is 0 Å². The van der Waals surface area contributed by atoms with Crippen molar-refractivity contribution in [2.45, 2.75) is 31.7 Å². The highest BCUT2D eigenvalue weighted by Gasteiger charge is 2.27. The van der Waals surface area contributed by atoms with Crippen LogP contribution in [-0.2, 0) is 20.8 Å². The van der Waals surface area contributed by atoms with Crippen LogP contribution >= 0.6 is 23.2 Å². The van der Waals surface area contributed by atoms with Crippen LogP contribution in [0.2, 0.25) is 10.0 Å². The third-order valence-corrected chi connectivity index (χ3v) is 5.29. The molecule has 0 saturated carbocycles. The second kappa shape index (κ2) is 8.68. The SMILES string of the molecule is O=COCCC1=CCCCC1N(c1cccc(Cl)c1Cl)S(=O)[O-]. The van der Waals surface area contributed by atoms with Crippen molar-refractivity contribution in [3.8, 4) is 0 Å². The number of allylic oxidation sites excluding steroid dienone is 1. The summed E-state index contributed by atoms with van der Waals surface area (Å²) in [7, 11) is 0. The van der Waals surface area contributed by atoms with Crippen molar-refractivity contribution >= 4 is 46.6 Å². The highest BCUT2D eigenvalue weighted by atomic mass is 35.5. The predicted molar refractivity (Wildman–Crippen MR) is 90.2 cm³/mol. The van der Waals surface area contributed by atoms with Gasteiger partial charge in [0.25, 0.3) is 6.47 Å². The number of hydrogen-bond donors (Lipinski definition) is 0. The first-order chi connectivity index (χ1) is 11.1. The molecule has 0 N–H and O–H groups in total. The van der Waals surface area contributed by atoms with Crippen LogP contribution in [-0.4, -0.2) is 27.9 Å². The molecule has 1 aromatic rings. The summed E-state index contributed by atoms with van der Waals surface area (Å²) in [5.41, 5.74) is 1.26. The summed E-state index contributed by atoms with van der Waals surface area (Å²) in [6.45, 7) is 0.601. The van der Waals surface area contributed by atoms with Gasteiger partial charge in [-0.25, -0.2) is 0 Å². The number of halogens is 2. The van der Waals surface area contributed by atoms with Gasteiger partial charge in [-0.1, -0.05) is 35.3 Å².